The Kier molecular flexibility index (Phi) is 3.50. The Morgan fingerprint density at radius 1 is 1.54 bits per heavy atom. The molecule has 1 atom stereocenters. The molecular formula is C9H15BrN2O. The molecule has 4 heteroatoms. The average molecular weight is 247 g/mol. The van der Waals surface area contributed by atoms with Crippen molar-refractivity contribution in [3.05, 3.63) is 15.9 Å². The summed E-state index contributed by atoms with van der Waals surface area (Å²) in [5.41, 5.74) is 2.13. The van der Waals surface area contributed by atoms with Crippen LogP contribution in [0.1, 0.15) is 18.3 Å². The van der Waals surface area contributed by atoms with Gasteiger partial charge in [0.05, 0.1) is 10.2 Å². The van der Waals surface area contributed by atoms with Gasteiger partial charge in [-0.3, -0.25) is 4.68 Å². The number of aromatic nitrogens is 2. The van der Waals surface area contributed by atoms with Crippen molar-refractivity contribution < 1.29 is 5.11 Å². The molecule has 1 N–H and O–H groups in total. The third kappa shape index (κ3) is 2.31. The molecule has 74 valence electrons. The van der Waals surface area contributed by atoms with Crippen LogP contribution in [0.3, 0.4) is 0 Å². The number of aryl methyl sites for hydroxylation is 1. The van der Waals surface area contributed by atoms with Crippen LogP contribution in [0.25, 0.3) is 0 Å². The largest absolute Gasteiger partial charge is 0.396 e. The van der Waals surface area contributed by atoms with E-state index in [9.17, 15) is 0 Å². The first kappa shape index (κ1) is 10.7. The van der Waals surface area contributed by atoms with Crippen molar-refractivity contribution >= 4 is 15.9 Å². The first-order chi connectivity index (χ1) is 6.06. The van der Waals surface area contributed by atoms with Gasteiger partial charge in [0.2, 0.25) is 0 Å². The lowest BCUT2D eigenvalue weighted by molar-refractivity contribution is 0.218. The number of aliphatic hydroxyl groups is 1. The van der Waals surface area contributed by atoms with Gasteiger partial charge in [-0.25, -0.2) is 0 Å². The molecule has 0 radical (unpaired) electrons. The summed E-state index contributed by atoms with van der Waals surface area (Å²) in [4.78, 5) is 0. The molecule has 0 aliphatic heterocycles. The average Bonchev–Trinajstić information content (AvgIpc) is 2.34. The standard InChI is InChI=1S/C9H15BrN2O/c1-6(5-13)4-12-8(3)9(10)7(2)11-12/h6,13H,4-5H2,1-3H3. The fourth-order valence-corrected chi connectivity index (χ4v) is 1.49. The molecule has 1 aromatic rings. The van der Waals surface area contributed by atoms with Crippen LogP contribution in [0.4, 0.5) is 0 Å². The summed E-state index contributed by atoms with van der Waals surface area (Å²) in [5.74, 6) is 0.255. The van der Waals surface area contributed by atoms with E-state index >= 15 is 0 Å². The highest BCUT2D eigenvalue weighted by Gasteiger charge is 2.10. The second-order valence-electron chi connectivity index (χ2n) is 3.45. The Bertz CT molecular complexity index is 296. The van der Waals surface area contributed by atoms with Gasteiger partial charge in [0.25, 0.3) is 0 Å². The van der Waals surface area contributed by atoms with Gasteiger partial charge in [-0.15, -0.1) is 0 Å². The van der Waals surface area contributed by atoms with Crippen molar-refractivity contribution in [1.29, 1.82) is 0 Å². The zero-order valence-corrected chi connectivity index (χ0v) is 9.80. The summed E-state index contributed by atoms with van der Waals surface area (Å²) in [5, 5.41) is 13.3. The van der Waals surface area contributed by atoms with E-state index in [1.54, 1.807) is 0 Å². The van der Waals surface area contributed by atoms with Crippen molar-refractivity contribution in [2.75, 3.05) is 6.61 Å². The van der Waals surface area contributed by atoms with E-state index in [1.807, 2.05) is 25.5 Å². The highest BCUT2D eigenvalue weighted by Crippen LogP contribution is 2.20. The van der Waals surface area contributed by atoms with E-state index in [-0.39, 0.29) is 12.5 Å². The Balaban J connectivity index is 2.83. The third-order valence-electron chi connectivity index (χ3n) is 2.09. The number of hydrogen-bond donors (Lipinski definition) is 1. The predicted octanol–water partition coefficient (Wildman–Crippen LogP) is 1.89. The molecule has 1 heterocycles. The minimum atomic E-state index is 0.204. The van der Waals surface area contributed by atoms with Gasteiger partial charge in [0.1, 0.15) is 0 Å². The van der Waals surface area contributed by atoms with Gasteiger partial charge in [-0.1, -0.05) is 6.92 Å². The van der Waals surface area contributed by atoms with Crippen LogP contribution in [-0.2, 0) is 6.54 Å². The topological polar surface area (TPSA) is 38.0 Å². The van der Waals surface area contributed by atoms with Gasteiger partial charge < -0.3 is 5.11 Å². The molecule has 1 rings (SSSR count). The van der Waals surface area contributed by atoms with Crippen molar-refractivity contribution in [1.82, 2.24) is 9.78 Å². The van der Waals surface area contributed by atoms with E-state index in [2.05, 4.69) is 21.0 Å². The zero-order valence-electron chi connectivity index (χ0n) is 8.21. The molecule has 0 aliphatic rings. The molecule has 3 nitrogen and oxygen atoms in total. The van der Waals surface area contributed by atoms with Crippen LogP contribution >= 0.6 is 15.9 Å². The number of hydrogen-bond acceptors (Lipinski definition) is 2. The molecule has 0 saturated carbocycles. The smallest absolute Gasteiger partial charge is 0.0738 e. The normalized spacial score (nSPS) is 13.3. The molecule has 13 heavy (non-hydrogen) atoms. The first-order valence-electron chi connectivity index (χ1n) is 4.36. The maximum absolute atomic E-state index is 8.91. The van der Waals surface area contributed by atoms with Gasteiger partial charge in [-0.05, 0) is 35.7 Å². The van der Waals surface area contributed by atoms with Crippen LogP contribution in [0, 0.1) is 19.8 Å². The summed E-state index contributed by atoms with van der Waals surface area (Å²) in [6, 6.07) is 0. The summed E-state index contributed by atoms with van der Waals surface area (Å²) < 4.78 is 3.00. The van der Waals surface area contributed by atoms with E-state index in [0.29, 0.717) is 0 Å². The van der Waals surface area contributed by atoms with Crippen LogP contribution in [0.15, 0.2) is 4.47 Å². The van der Waals surface area contributed by atoms with Crippen molar-refractivity contribution in [3.63, 3.8) is 0 Å². The minimum absolute atomic E-state index is 0.204. The fourth-order valence-electron chi connectivity index (χ4n) is 1.21. The molecule has 1 aromatic heterocycles. The zero-order chi connectivity index (χ0) is 10.0. The second kappa shape index (κ2) is 4.24. The van der Waals surface area contributed by atoms with Crippen LogP contribution in [0.5, 0.6) is 0 Å². The maximum Gasteiger partial charge on any atom is 0.0738 e. The lowest BCUT2D eigenvalue weighted by Gasteiger charge is -2.09. The molecule has 0 spiro atoms. The summed E-state index contributed by atoms with van der Waals surface area (Å²) in [6.45, 7) is 6.97. The number of aliphatic hydroxyl groups excluding tert-OH is 1. The van der Waals surface area contributed by atoms with Crippen LogP contribution < -0.4 is 0 Å². The summed E-state index contributed by atoms with van der Waals surface area (Å²) in [7, 11) is 0. The van der Waals surface area contributed by atoms with Crippen molar-refractivity contribution in [3.8, 4) is 0 Å². The molecule has 0 amide bonds. The van der Waals surface area contributed by atoms with E-state index < -0.39 is 0 Å². The lowest BCUT2D eigenvalue weighted by Crippen LogP contribution is -2.13. The van der Waals surface area contributed by atoms with Crippen LogP contribution in [0.2, 0.25) is 0 Å². The summed E-state index contributed by atoms with van der Waals surface area (Å²) in [6.07, 6.45) is 0. The molecule has 0 bridgehead atoms. The monoisotopic (exact) mass is 246 g/mol. The van der Waals surface area contributed by atoms with Gasteiger partial charge in [0, 0.05) is 18.8 Å². The van der Waals surface area contributed by atoms with Gasteiger partial charge in [0.15, 0.2) is 0 Å². The third-order valence-corrected chi connectivity index (χ3v) is 3.24. The van der Waals surface area contributed by atoms with Crippen molar-refractivity contribution in [2.45, 2.75) is 27.3 Å². The molecule has 0 aromatic carbocycles. The van der Waals surface area contributed by atoms with E-state index in [4.69, 9.17) is 5.11 Å². The Morgan fingerprint density at radius 3 is 2.54 bits per heavy atom. The predicted molar refractivity (Wildman–Crippen MR) is 55.7 cm³/mol. The number of nitrogens with zero attached hydrogens (tertiary/aromatic N) is 2. The maximum atomic E-state index is 8.91. The molecule has 0 aliphatic carbocycles. The van der Waals surface area contributed by atoms with E-state index in [0.717, 1.165) is 22.4 Å². The lowest BCUT2D eigenvalue weighted by atomic mass is 10.2. The van der Waals surface area contributed by atoms with E-state index in [1.165, 1.54) is 0 Å². The van der Waals surface area contributed by atoms with Crippen LogP contribution in [-0.4, -0.2) is 21.5 Å². The van der Waals surface area contributed by atoms with Crippen molar-refractivity contribution in [2.24, 2.45) is 5.92 Å². The number of rotatable bonds is 3. The fraction of sp³-hybridized carbons (Fsp3) is 0.667. The first-order valence-corrected chi connectivity index (χ1v) is 5.16. The highest BCUT2D eigenvalue weighted by molar-refractivity contribution is 9.10. The Labute approximate surface area is 86.9 Å². The molecule has 0 saturated heterocycles. The second-order valence-corrected chi connectivity index (χ2v) is 4.25. The SMILES string of the molecule is Cc1nn(CC(C)CO)c(C)c1Br. The minimum Gasteiger partial charge on any atom is -0.396 e. The van der Waals surface area contributed by atoms with Gasteiger partial charge in [-0.2, -0.15) is 5.10 Å². The molecular weight excluding hydrogens is 232 g/mol. The van der Waals surface area contributed by atoms with Gasteiger partial charge >= 0.3 is 0 Å². The molecule has 0 fully saturated rings. The number of halogens is 1. The quantitative estimate of drug-likeness (QED) is 0.885. The molecule has 1 unspecified atom stereocenters. The Hall–Kier alpha value is -0.350. The summed E-state index contributed by atoms with van der Waals surface area (Å²) >= 11 is 3.47. The Morgan fingerprint density at radius 2 is 2.15 bits per heavy atom. The highest BCUT2D eigenvalue weighted by atomic mass is 79.9.